The Morgan fingerprint density at radius 1 is 1.08 bits per heavy atom. The number of ether oxygens (including phenoxy) is 2. The van der Waals surface area contributed by atoms with Crippen LogP contribution in [0.5, 0.6) is 5.75 Å². The summed E-state index contributed by atoms with van der Waals surface area (Å²) in [6, 6.07) is 9.25. The molecule has 0 radical (unpaired) electrons. The number of morpholine rings is 1. The Morgan fingerprint density at radius 3 is 2.42 bits per heavy atom. The number of amides is 3. The number of rotatable bonds is 6. The van der Waals surface area contributed by atoms with Gasteiger partial charge in [0.25, 0.3) is 5.91 Å². The van der Waals surface area contributed by atoms with Crippen LogP contribution in [0.2, 0.25) is 0 Å². The van der Waals surface area contributed by atoms with Crippen molar-refractivity contribution in [3.8, 4) is 5.75 Å². The van der Waals surface area contributed by atoms with Crippen molar-refractivity contribution < 1.29 is 23.9 Å². The maximum Gasteiger partial charge on any atom is 0.255 e. The average molecular weight is 509 g/mol. The van der Waals surface area contributed by atoms with Crippen molar-refractivity contribution in [1.29, 1.82) is 0 Å². The van der Waals surface area contributed by atoms with Gasteiger partial charge in [-0.3, -0.25) is 24.6 Å². The minimum Gasteiger partial charge on any atom is -0.501 e. The molecule has 2 saturated heterocycles. The van der Waals surface area contributed by atoms with Gasteiger partial charge in [0.1, 0.15) is 35.3 Å². The van der Waals surface area contributed by atoms with E-state index in [0.29, 0.717) is 23.7 Å². The Labute approximate surface area is 228 Å². The van der Waals surface area contributed by atoms with Crippen LogP contribution < -0.4 is 21.0 Å². The summed E-state index contributed by atoms with van der Waals surface area (Å²) in [6.45, 7) is 3.69. The summed E-state index contributed by atoms with van der Waals surface area (Å²) in [5, 5.41) is 1.70. The Morgan fingerprint density at radius 2 is 1.76 bits per heavy atom. The fourth-order valence-corrected chi connectivity index (χ4v) is 6.12. The second-order valence-electron chi connectivity index (χ2n) is 11.1. The van der Waals surface area contributed by atoms with Gasteiger partial charge in [-0.05, 0) is 24.1 Å². The Kier molecular flexibility index (Phi) is 7.26. The first-order chi connectivity index (χ1) is 18.1. The molecule has 0 saturated carbocycles. The van der Waals surface area contributed by atoms with E-state index in [1.807, 2.05) is 27.8 Å². The van der Waals surface area contributed by atoms with Crippen LogP contribution in [0.1, 0.15) is 45.8 Å². The minimum absolute atomic E-state index is 0.203. The Hall–Kier alpha value is -2.91. The minimum atomic E-state index is -0.656. The molecule has 3 aliphatic rings. The van der Waals surface area contributed by atoms with Crippen LogP contribution in [-0.4, -0.2) is 99.1 Å². The summed E-state index contributed by atoms with van der Waals surface area (Å²) in [7, 11) is 10.7. The van der Waals surface area contributed by atoms with Crippen molar-refractivity contribution in [1.82, 2.24) is 15.1 Å². The lowest BCUT2D eigenvalue weighted by molar-refractivity contribution is -0.136. The molecule has 2 aromatic carbocycles. The average Bonchev–Trinajstić information content (AvgIpc) is 3.21. The molecule has 38 heavy (non-hydrogen) atoms. The van der Waals surface area contributed by atoms with Gasteiger partial charge in [-0.15, -0.1) is 0 Å². The zero-order valence-corrected chi connectivity index (χ0v) is 22.9. The van der Waals surface area contributed by atoms with E-state index < -0.39 is 17.3 Å². The van der Waals surface area contributed by atoms with E-state index in [4.69, 9.17) is 9.47 Å². The van der Waals surface area contributed by atoms with E-state index in [0.717, 1.165) is 37.4 Å². The van der Waals surface area contributed by atoms with Crippen LogP contribution >= 0.6 is 0 Å². The van der Waals surface area contributed by atoms with Crippen molar-refractivity contribution in [2.45, 2.75) is 36.8 Å². The van der Waals surface area contributed by atoms with E-state index in [9.17, 15) is 14.4 Å². The number of imide groups is 1. The van der Waals surface area contributed by atoms with Gasteiger partial charge >= 0.3 is 0 Å². The third-order valence-electron chi connectivity index (χ3n) is 8.20. The number of piperidine rings is 1. The zero-order chi connectivity index (χ0) is 27.2. The predicted molar refractivity (Wildman–Crippen MR) is 158 cm³/mol. The summed E-state index contributed by atoms with van der Waals surface area (Å²) in [5.41, 5.74) is 6.19. The molecule has 5 rings (SSSR count). The van der Waals surface area contributed by atoms with Gasteiger partial charge in [0.15, 0.2) is 15.7 Å². The highest BCUT2D eigenvalue weighted by Gasteiger charge is 2.40. The van der Waals surface area contributed by atoms with Crippen molar-refractivity contribution in [2.75, 3.05) is 26.3 Å². The molecule has 2 fully saturated rings. The number of hydrogen-bond donors (Lipinski definition) is 1. The summed E-state index contributed by atoms with van der Waals surface area (Å²) < 4.78 is 12.2. The van der Waals surface area contributed by atoms with E-state index in [1.54, 1.807) is 11.0 Å². The molecule has 2 unspecified atom stereocenters. The normalized spacial score (nSPS) is 21.2. The number of nitrogens with zero attached hydrogens (tertiary/aromatic N) is 2. The highest BCUT2D eigenvalue weighted by atomic mass is 16.5. The van der Waals surface area contributed by atoms with Crippen molar-refractivity contribution in [3.05, 3.63) is 52.6 Å². The second-order valence-corrected chi connectivity index (χ2v) is 11.1. The maximum atomic E-state index is 13.2. The van der Waals surface area contributed by atoms with Gasteiger partial charge in [-0.2, -0.15) is 0 Å². The lowest BCUT2D eigenvalue weighted by atomic mass is 9.59. The van der Waals surface area contributed by atoms with Gasteiger partial charge < -0.3 is 14.4 Å². The van der Waals surface area contributed by atoms with Crippen LogP contribution in [0.25, 0.3) is 0 Å². The largest absolute Gasteiger partial charge is 0.501 e. The van der Waals surface area contributed by atoms with E-state index in [-0.39, 0.29) is 24.8 Å². The van der Waals surface area contributed by atoms with Crippen LogP contribution in [0.15, 0.2) is 30.3 Å². The van der Waals surface area contributed by atoms with Crippen LogP contribution in [0, 0.1) is 0 Å². The summed E-state index contributed by atoms with van der Waals surface area (Å²) >= 11 is 0. The first-order valence-corrected chi connectivity index (χ1v) is 13.5. The molecular weight excluding hydrogens is 476 g/mol. The lowest BCUT2D eigenvalue weighted by Crippen LogP contribution is -2.52. The molecule has 13 heteroatoms. The maximum absolute atomic E-state index is 13.2. The molecule has 2 atom stereocenters. The molecule has 2 aromatic rings. The highest BCUT2D eigenvalue weighted by molar-refractivity contribution is 6.43. The van der Waals surface area contributed by atoms with Crippen LogP contribution in [-0.2, 0) is 26.3 Å². The molecule has 192 valence electrons. The fraction of sp³-hybridized carbons (Fsp3) is 0.400. The van der Waals surface area contributed by atoms with Gasteiger partial charge in [0.2, 0.25) is 11.8 Å². The molecule has 0 aliphatic carbocycles. The van der Waals surface area contributed by atoms with Crippen molar-refractivity contribution >= 4 is 67.9 Å². The lowest BCUT2D eigenvalue weighted by Gasteiger charge is -2.36. The second kappa shape index (κ2) is 10.3. The zero-order valence-electron chi connectivity index (χ0n) is 22.9. The Bertz CT molecular complexity index is 1280. The van der Waals surface area contributed by atoms with Gasteiger partial charge in [0.05, 0.1) is 25.2 Å². The number of hydrogen-bond acceptors (Lipinski definition) is 6. The summed E-state index contributed by atoms with van der Waals surface area (Å²) in [4.78, 5) is 41.3. The smallest absolute Gasteiger partial charge is 0.255 e. The number of carbonyl (C=O) groups excluding carboxylic acids is 3. The van der Waals surface area contributed by atoms with Gasteiger partial charge in [0, 0.05) is 36.6 Å². The summed E-state index contributed by atoms with van der Waals surface area (Å²) in [6.07, 6.45) is 0.561. The van der Waals surface area contributed by atoms with Gasteiger partial charge in [-0.25, -0.2) is 0 Å². The monoisotopic (exact) mass is 509 g/mol. The number of nitrogens with one attached hydrogen (secondary N) is 1. The molecule has 1 N–H and O–H groups in total. The SMILES string of the molecule is Bc1cc(C(B)(B)Oc2cccc3c2CN(C2CCC(=O)NC2=O)C3=O)cc(B)c1C(B)N1CCOCC1. The molecule has 0 bridgehead atoms. The van der Waals surface area contributed by atoms with E-state index in [1.165, 1.54) is 16.5 Å². The first-order valence-electron chi connectivity index (χ1n) is 13.5. The molecule has 3 aliphatic heterocycles. The molecule has 8 nitrogen and oxygen atoms in total. The molecule has 0 aromatic heterocycles. The third kappa shape index (κ3) is 4.94. The topological polar surface area (TPSA) is 88.2 Å². The van der Waals surface area contributed by atoms with E-state index >= 15 is 0 Å². The number of fused-ring (bicyclic) bond motifs is 1. The standard InChI is InChI=1S/C25H32B5N3O5/c26-16-10-13(11-17(27)21(16)22(28)32-6-8-37-9-7-32)25(29,30)38-19-3-1-2-14-15(19)12-33(24(14)36)18-4-5-20(34)31-23(18)35/h1-3,10-11,18,22H,4-9,12,26-30H2,(H,31,34,35). The fourth-order valence-electron chi connectivity index (χ4n) is 6.12. The van der Waals surface area contributed by atoms with Gasteiger partial charge in [-0.1, -0.05) is 34.7 Å². The third-order valence-corrected chi connectivity index (χ3v) is 8.20. The van der Waals surface area contributed by atoms with E-state index in [2.05, 4.69) is 45.9 Å². The van der Waals surface area contributed by atoms with Crippen LogP contribution in [0.3, 0.4) is 0 Å². The van der Waals surface area contributed by atoms with Crippen molar-refractivity contribution in [3.63, 3.8) is 0 Å². The molecular formula is C25H32B5N3O5. The quantitative estimate of drug-likeness (QED) is 0.312. The molecule has 0 spiro atoms. The number of benzene rings is 2. The molecule has 3 heterocycles. The Balaban J connectivity index is 1.38. The first kappa shape index (κ1) is 26.7. The molecule has 3 amide bonds. The summed E-state index contributed by atoms with van der Waals surface area (Å²) in [5.74, 6) is 0.0286. The van der Waals surface area contributed by atoms with Crippen molar-refractivity contribution in [2.24, 2.45) is 0 Å². The van der Waals surface area contributed by atoms with Crippen LogP contribution in [0.4, 0.5) is 0 Å². The number of carbonyl (C=O) groups is 3. The predicted octanol–water partition coefficient (Wildman–Crippen LogP) is -4.62. The highest BCUT2D eigenvalue weighted by Crippen LogP contribution is 2.36.